The average molecular weight is 308 g/mol. The zero-order chi connectivity index (χ0) is 12.1. The van der Waals surface area contributed by atoms with Gasteiger partial charge < -0.3 is 10.2 Å². The molecule has 0 fully saturated rings. The molecule has 1 amide bonds. The first kappa shape index (κ1) is 13.2. The van der Waals surface area contributed by atoms with Crippen LogP contribution in [0.1, 0.15) is 6.92 Å². The summed E-state index contributed by atoms with van der Waals surface area (Å²) in [5.41, 5.74) is 0. The molecule has 0 aliphatic heterocycles. The Bertz CT molecular complexity index is 388. The topological polar surface area (TPSA) is 58.1 Å². The largest absolute Gasteiger partial charge is 0.358 e. The molecule has 0 saturated carbocycles. The van der Waals surface area contributed by atoms with Gasteiger partial charge in [0.2, 0.25) is 11.2 Å². The van der Waals surface area contributed by atoms with Crippen molar-refractivity contribution in [2.45, 2.75) is 6.92 Å². The molecule has 1 heterocycles. The van der Waals surface area contributed by atoms with Crippen LogP contribution in [0.15, 0.2) is 10.7 Å². The smallest absolute Gasteiger partial charge is 0.239 e. The molecule has 0 saturated heterocycles. The summed E-state index contributed by atoms with van der Waals surface area (Å²) in [5.74, 6) is 0.537. The molecule has 16 heavy (non-hydrogen) atoms. The number of carbonyl (C=O) groups is 1. The maximum absolute atomic E-state index is 11.3. The van der Waals surface area contributed by atoms with Gasteiger partial charge in [0.1, 0.15) is 5.82 Å². The Morgan fingerprint density at radius 3 is 2.94 bits per heavy atom. The first-order valence-electron chi connectivity index (χ1n) is 4.72. The molecule has 0 spiro atoms. The number of hydrogen-bond acceptors (Lipinski definition) is 4. The van der Waals surface area contributed by atoms with E-state index in [1.807, 2.05) is 6.92 Å². The Morgan fingerprint density at radius 2 is 2.38 bits per heavy atom. The van der Waals surface area contributed by atoms with Crippen molar-refractivity contribution in [1.82, 2.24) is 15.3 Å². The van der Waals surface area contributed by atoms with Gasteiger partial charge in [-0.1, -0.05) is 0 Å². The van der Waals surface area contributed by atoms with Crippen LogP contribution in [0.2, 0.25) is 5.28 Å². The van der Waals surface area contributed by atoms with Gasteiger partial charge in [0.05, 0.1) is 11.0 Å². The third-order valence-electron chi connectivity index (χ3n) is 1.99. The minimum absolute atomic E-state index is 0.0801. The van der Waals surface area contributed by atoms with Crippen LogP contribution in [0.4, 0.5) is 5.82 Å². The van der Waals surface area contributed by atoms with Gasteiger partial charge in [-0.05, 0) is 34.5 Å². The van der Waals surface area contributed by atoms with E-state index in [0.717, 1.165) is 0 Å². The van der Waals surface area contributed by atoms with Gasteiger partial charge in [-0.2, -0.15) is 4.98 Å². The lowest BCUT2D eigenvalue weighted by Crippen LogP contribution is -2.36. The molecule has 7 heteroatoms. The number of halogens is 2. The molecule has 1 rings (SSSR count). The van der Waals surface area contributed by atoms with Crippen LogP contribution < -0.4 is 10.2 Å². The summed E-state index contributed by atoms with van der Waals surface area (Å²) in [4.78, 5) is 21.0. The highest BCUT2D eigenvalue weighted by atomic mass is 79.9. The highest BCUT2D eigenvalue weighted by Gasteiger charge is 2.14. The highest BCUT2D eigenvalue weighted by Crippen LogP contribution is 2.23. The lowest BCUT2D eigenvalue weighted by molar-refractivity contribution is -0.119. The first-order chi connectivity index (χ1) is 7.58. The van der Waals surface area contributed by atoms with Crippen LogP contribution in [0.3, 0.4) is 0 Å². The summed E-state index contributed by atoms with van der Waals surface area (Å²) in [5, 5.41) is 2.72. The number of aromatic nitrogens is 2. The van der Waals surface area contributed by atoms with Gasteiger partial charge >= 0.3 is 0 Å². The maximum atomic E-state index is 11.3. The first-order valence-corrected chi connectivity index (χ1v) is 5.89. The monoisotopic (exact) mass is 306 g/mol. The molecular formula is C9H12BrClN4O. The summed E-state index contributed by atoms with van der Waals surface area (Å²) in [7, 11) is 1.60. The fourth-order valence-electron chi connectivity index (χ4n) is 1.15. The Morgan fingerprint density at radius 1 is 1.69 bits per heavy atom. The number of hydrogen-bond donors (Lipinski definition) is 1. The Hall–Kier alpha value is -0.880. The molecule has 0 aliphatic carbocycles. The predicted molar refractivity (Wildman–Crippen MR) is 66.7 cm³/mol. The van der Waals surface area contributed by atoms with Gasteiger partial charge in [0.15, 0.2) is 0 Å². The molecule has 1 aromatic rings. The van der Waals surface area contributed by atoms with Crippen molar-refractivity contribution in [3.8, 4) is 0 Å². The van der Waals surface area contributed by atoms with Crippen LogP contribution in [0, 0.1) is 0 Å². The molecule has 88 valence electrons. The summed E-state index contributed by atoms with van der Waals surface area (Å²) in [6.07, 6.45) is 1.57. The van der Waals surface area contributed by atoms with Crippen molar-refractivity contribution in [3.63, 3.8) is 0 Å². The molecular weight excluding hydrogens is 295 g/mol. The van der Waals surface area contributed by atoms with E-state index in [0.29, 0.717) is 16.8 Å². The van der Waals surface area contributed by atoms with Crippen LogP contribution in [0.25, 0.3) is 0 Å². The minimum atomic E-state index is -0.0801. The van der Waals surface area contributed by atoms with Crippen molar-refractivity contribution < 1.29 is 4.79 Å². The van der Waals surface area contributed by atoms with E-state index in [1.165, 1.54) is 0 Å². The van der Waals surface area contributed by atoms with Crippen molar-refractivity contribution in [3.05, 3.63) is 16.0 Å². The molecule has 1 aromatic heterocycles. The second kappa shape index (κ2) is 6.00. The van der Waals surface area contributed by atoms with Gasteiger partial charge in [-0.25, -0.2) is 4.98 Å². The average Bonchev–Trinajstić information content (AvgIpc) is 2.29. The molecule has 0 atom stereocenters. The van der Waals surface area contributed by atoms with Crippen LogP contribution in [0.5, 0.6) is 0 Å². The zero-order valence-electron chi connectivity index (χ0n) is 9.00. The normalized spacial score (nSPS) is 10.0. The number of amides is 1. The Balaban J connectivity index is 2.94. The quantitative estimate of drug-likeness (QED) is 0.856. The molecule has 0 radical (unpaired) electrons. The second-order valence-electron chi connectivity index (χ2n) is 3.00. The summed E-state index contributed by atoms with van der Waals surface area (Å²) >= 11 is 9.04. The lowest BCUT2D eigenvalue weighted by atomic mass is 10.4. The standard InChI is InChI=1S/C9H12BrClN4O/c1-3-15(5-7(16)12-2)8-6(10)4-13-9(11)14-8/h4H,3,5H2,1-2H3,(H,12,16). The summed E-state index contributed by atoms with van der Waals surface area (Å²) in [6.45, 7) is 2.82. The van der Waals surface area contributed by atoms with Crippen molar-refractivity contribution in [2.24, 2.45) is 0 Å². The fourth-order valence-corrected chi connectivity index (χ4v) is 1.72. The van der Waals surface area contributed by atoms with Crippen molar-refractivity contribution in [2.75, 3.05) is 25.0 Å². The molecule has 0 bridgehead atoms. The minimum Gasteiger partial charge on any atom is -0.358 e. The number of carbonyl (C=O) groups excluding carboxylic acids is 1. The van der Waals surface area contributed by atoms with Gasteiger partial charge in [0, 0.05) is 19.8 Å². The number of likely N-dealkylation sites (N-methyl/N-ethyl adjacent to an activating group) is 2. The highest BCUT2D eigenvalue weighted by molar-refractivity contribution is 9.10. The number of nitrogens with zero attached hydrogens (tertiary/aromatic N) is 3. The second-order valence-corrected chi connectivity index (χ2v) is 4.19. The van der Waals surface area contributed by atoms with E-state index in [9.17, 15) is 4.79 Å². The predicted octanol–water partition coefficient (Wildman–Crippen LogP) is 1.46. The third kappa shape index (κ3) is 3.31. The van der Waals surface area contributed by atoms with E-state index in [4.69, 9.17) is 11.6 Å². The van der Waals surface area contributed by atoms with Crippen molar-refractivity contribution >= 4 is 39.3 Å². The fraction of sp³-hybridized carbons (Fsp3) is 0.444. The number of nitrogens with one attached hydrogen (secondary N) is 1. The van der Waals surface area contributed by atoms with Gasteiger partial charge in [-0.3, -0.25) is 4.79 Å². The zero-order valence-corrected chi connectivity index (χ0v) is 11.3. The van der Waals surface area contributed by atoms with Gasteiger partial charge in [0.25, 0.3) is 0 Å². The summed E-state index contributed by atoms with van der Waals surface area (Å²) < 4.78 is 0.711. The van der Waals surface area contributed by atoms with E-state index in [2.05, 4.69) is 31.2 Å². The number of rotatable bonds is 4. The molecule has 0 aliphatic rings. The Labute approximate surface area is 107 Å². The molecule has 5 nitrogen and oxygen atoms in total. The Kier molecular flexibility index (Phi) is 4.95. The molecule has 0 unspecified atom stereocenters. The van der Waals surface area contributed by atoms with Gasteiger partial charge in [-0.15, -0.1) is 0 Å². The van der Waals surface area contributed by atoms with Crippen molar-refractivity contribution in [1.29, 1.82) is 0 Å². The van der Waals surface area contributed by atoms with Crippen LogP contribution in [-0.4, -0.2) is 36.0 Å². The lowest BCUT2D eigenvalue weighted by Gasteiger charge is -2.21. The molecule has 1 N–H and O–H groups in total. The van der Waals surface area contributed by atoms with E-state index in [-0.39, 0.29) is 17.7 Å². The van der Waals surface area contributed by atoms with E-state index < -0.39 is 0 Å². The SMILES string of the molecule is CCN(CC(=O)NC)c1nc(Cl)ncc1Br. The summed E-state index contributed by atoms with van der Waals surface area (Å²) in [6, 6.07) is 0. The van der Waals surface area contributed by atoms with E-state index >= 15 is 0 Å². The van der Waals surface area contributed by atoms with Crippen LogP contribution in [-0.2, 0) is 4.79 Å². The number of anilines is 1. The third-order valence-corrected chi connectivity index (χ3v) is 2.73. The van der Waals surface area contributed by atoms with Crippen LogP contribution >= 0.6 is 27.5 Å². The maximum Gasteiger partial charge on any atom is 0.239 e. The van der Waals surface area contributed by atoms with E-state index in [1.54, 1.807) is 18.1 Å². The molecule has 0 aromatic carbocycles.